The summed E-state index contributed by atoms with van der Waals surface area (Å²) in [5.41, 5.74) is 1.05. The zero-order chi connectivity index (χ0) is 13.8. The van der Waals surface area contributed by atoms with Crippen molar-refractivity contribution in [1.82, 2.24) is 9.97 Å². The van der Waals surface area contributed by atoms with E-state index in [0.29, 0.717) is 5.95 Å². The lowest BCUT2D eigenvalue weighted by atomic mass is 9.85. The van der Waals surface area contributed by atoms with Crippen LogP contribution in [0, 0.1) is 24.2 Å². The van der Waals surface area contributed by atoms with E-state index in [4.69, 9.17) is 0 Å². The van der Waals surface area contributed by atoms with Crippen LogP contribution in [0.2, 0.25) is 0 Å². The number of anilines is 2. The number of aromatic nitrogens is 2. The molecule has 5 nitrogen and oxygen atoms in total. The van der Waals surface area contributed by atoms with Crippen LogP contribution in [0.4, 0.5) is 11.8 Å². The number of hydrogen-bond donors (Lipinski definition) is 1. The van der Waals surface area contributed by atoms with Gasteiger partial charge in [-0.2, -0.15) is 10.2 Å². The number of nitriles is 1. The Balaban J connectivity index is 2.14. The van der Waals surface area contributed by atoms with E-state index in [9.17, 15) is 5.26 Å². The molecule has 0 saturated heterocycles. The molecular weight excluding hydrogens is 238 g/mol. The largest absolute Gasteiger partial charge is 0.362 e. The summed E-state index contributed by atoms with van der Waals surface area (Å²) < 4.78 is 0. The second kappa shape index (κ2) is 5.87. The molecule has 0 aliphatic heterocycles. The van der Waals surface area contributed by atoms with Gasteiger partial charge in [-0.1, -0.05) is 12.8 Å². The van der Waals surface area contributed by atoms with E-state index in [1.54, 1.807) is 0 Å². The molecule has 0 aromatic carbocycles. The first-order valence-corrected chi connectivity index (χ1v) is 6.79. The molecule has 2 atom stereocenters. The monoisotopic (exact) mass is 259 g/mol. The van der Waals surface area contributed by atoms with Gasteiger partial charge in [0.2, 0.25) is 5.95 Å². The lowest BCUT2D eigenvalue weighted by Crippen LogP contribution is -2.32. The second-order valence-electron chi connectivity index (χ2n) is 5.37. The van der Waals surface area contributed by atoms with E-state index in [0.717, 1.165) is 30.6 Å². The first-order valence-electron chi connectivity index (χ1n) is 6.79. The Kier molecular flexibility index (Phi) is 4.20. The Labute approximate surface area is 114 Å². The first-order chi connectivity index (χ1) is 9.11. The van der Waals surface area contributed by atoms with Gasteiger partial charge < -0.3 is 10.2 Å². The van der Waals surface area contributed by atoms with Crippen LogP contribution in [0.3, 0.4) is 0 Å². The third-order valence-electron chi connectivity index (χ3n) is 3.61. The third-order valence-corrected chi connectivity index (χ3v) is 3.61. The number of aryl methyl sites for hydroxylation is 1. The predicted octanol–water partition coefficient (Wildman–Crippen LogP) is 2.35. The van der Waals surface area contributed by atoms with E-state index in [1.165, 1.54) is 6.42 Å². The van der Waals surface area contributed by atoms with Crippen molar-refractivity contribution < 1.29 is 0 Å². The number of nitrogens with zero attached hydrogens (tertiary/aromatic N) is 4. The van der Waals surface area contributed by atoms with Crippen LogP contribution >= 0.6 is 0 Å². The second-order valence-corrected chi connectivity index (χ2v) is 5.37. The van der Waals surface area contributed by atoms with Crippen LogP contribution in [0.5, 0.6) is 0 Å². The summed E-state index contributed by atoms with van der Waals surface area (Å²) in [7, 11) is 3.94. The SMILES string of the molecule is Cc1cnc(NC2CCCCC2C#N)nc1N(C)C. The minimum atomic E-state index is 0.0708. The minimum Gasteiger partial charge on any atom is -0.362 e. The lowest BCUT2D eigenvalue weighted by Gasteiger charge is -2.27. The Bertz CT molecular complexity index is 477. The van der Waals surface area contributed by atoms with Gasteiger partial charge in [0.25, 0.3) is 0 Å². The molecule has 2 unspecified atom stereocenters. The summed E-state index contributed by atoms with van der Waals surface area (Å²) >= 11 is 0. The number of hydrogen-bond acceptors (Lipinski definition) is 5. The minimum absolute atomic E-state index is 0.0708. The molecule has 1 aliphatic rings. The first kappa shape index (κ1) is 13.6. The zero-order valence-electron chi connectivity index (χ0n) is 11.8. The molecule has 1 saturated carbocycles. The molecule has 5 heteroatoms. The predicted molar refractivity (Wildman–Crippen MR) is 76.1 cm³/mol. The van der Waals surface area contributed by atoms with Crippen LogP contribution < -0.4 is 10.2 Å². The Morgan fingerprint density at radius 2 is 2.11 bits per heavy atom. The molecule has 1 N–H and O–H groups in total. The molecule has 0 amide bonds. The van der Waals surface area contributed by atoms with Gasteiger partial charge in [-0.25, -0.2) is 4.98 Å². The Morgan fingerprint density at radius 3 is 2.79 bits per heavy atom. The zero-order valence-corrected chi connectivity index (χ0v) is 11.8. The molecular formula is C14H21N5. The van der Waals surface area contributed by atoms with Crippen LogP contribution in [0.25, 0.3) is 0 Å². The van der Waals surface area contributed by atoms with Crippen molar-refractivity contribution in [3.63, 3.8) is 0 Å². The fourth-order valence-corrected chi connectivity index (χ4v) is 2.58. The summed E-state index contributed by atoms with van der Waals surface area (Å²) in [5, 5.41) is 12.5. The van der Waals surface area contributed by atoms with Crippen molar-refractivity contribution in [2.45, 2.75) is 38.6 Å². The topological polar surface area (TPSA) is 64.8 Å². The third kappa shape index (κ3) is 3.14. The van der Waals surface area contributed by atoms with Crippen molar-refractivity contribution >= 4 is 11.8 Å². The smallest absolute Gasteiger partial charge is 0.224 e. The molecule has 19 heavy (non-hydrogen) atoms. The van der Waals surface area contributed by atoms with Crippen LogP contribution in [-0.4, -0.2) is 30.1 Å². The van der Waals surface area contributed by atoms with Crippen molar-refractivity contribution in [3.8, 4) is 6.07 Å². The van der Waals surface area contributed by atoms with Gasteiger partial charge >= 0.3 is 0 Å². The molecule has 1 fully saturated rings. The Morgan fingerprint density at radius 1 is 1.37 bits per heavy atom. The highest BCUT2D eigenvalue weighted by molar-refractivity contribution is 5.47. The standard InChI is InChI=1S/C14H21N5/c1-10-9-16-14(18-13(10)19(2)3)17-12-7-5-4-6-11(12)8-15/h9,11-12H,4-7H2,1-3H3,(H,16,17,18). The fourth-order valence-electron chi connectivity index (χ4n) is 2.58. The summed E-state index contributed by atoms with van der Waals surface area (Å²) in [4.78, 5) is 10.8. The molecule has 0 radical (unpaired) electrons. The molecule has 1 aromatic rings. The van der Waals surface area contributed by atoms with Crippen LogP contribution in [0.15, 0.2) is 6.20 Å². The number of nitrogens with one attached hydrogen (secondary N) is 1. The maximum atomic E-state index is 9.19. The van der Waals surface area contributed by atoms with E-state index in [1.807, 2.05) is 32.1 Å². The lowest BCUT2D eigenvalue weighted by molar-refractivity contribution is 0.387. The average molecular weight is 259 g/mol. The normalized spacial score (nSPS) is 22.6. The van der Waals surface area contributed by atoms with Crippen molar-refractivity contribution in [2.24, 2.45) is 5.92 Å². The summed E-state index contributed by atoms with van der Waals surface area (Å²) in [6, 6.07) is 2.57. The number of rotatable bonds is 3. The average Bonchev–Trinajstić information content (AvgIpc) is 2.41. The molecule has 2 rings (SSSR count). The summed E-state index contributed by atoms with van der Waals surface area (Å²) in [6.07, 6.45) is 6.14. The molecule has 1 heterocycles. The van der Waals surface area contributed by atoms with E-state index in [-0.39, 0.29) is 12.0 Å². The van der Waals surface area contributed by atoms with Gasteiger partial charge in [0.1, 0.15) is 5.82 Å². The fraction of sp³-hybridized carbons (Fsp3) is 0.643. The van der Waals surface area contributed by atoms with Crippen molar-refractivity contribution in [3.05, 3.63) is 11.8 Å². The molecule has 102 valence electrons. The molecule has 1 aromatic heterocycles. The maximum Gasteiger partial charge on any atom is 0.224 e. The van der Waals surface area contributed by atoms with Gasteiger partial charge in [-0.3, -0.25) is 0 Å². The van der Waals surface area contributed by atoms with E-state index in [2.05, 4.69) is 21.4 Å². The van der Waals surface area contributed by atoms with Crippen molar-refractivity contribution in [2.75, 3.05) is 24.3 Å². The summed E-state index contributed by atoms with van der Waals surface area (Å²) in [5.74, 6) is 1.62. The van der Waals surface area contributed by atoms with Crippen molar-refractivity contribution in [1.29, 1.82) is 5.26 Å². The molecule has 0 spiro atoms. The van der Waals surface area contributed by atoms with Crippen LogP contribution in [-0.2, 0) is 0 Å². The highest BCUT2D eigenvalue weighted by atomic mass is 15.2. The molecule has 1 aliphatic carbocycles. The Hall–Kier alpha value is -1.83. The van der Waals surface area contributed by atoms with E-state index >= 15 is 0 Å². The van der Waals surface area contributed by atoms with Gasteiger partial charge in [-0.05, 0) is 19.8 Å². The molecule has 0 bridgehead atoms. The van der Waals surface area contributed by atoms with Crippen LogP contribution in [0.1, 0.15) is 31.2 Å². The van der Waals surface area contributed by atoms with Gasteiger partial charge in [0.05, 0.1) is 12.0 Å². The van der Waals surface area contributed by atoms with Gasteiger partial charge in [0, 0.05) is 31.9 Å². The summed E-state index contributed by atoms with van der Waals surface area (Å²) in [6.45, 7) is 2.00. The van der Waals surface area contributed by atoms with Gasteiger partial charge in [0.15, 0.2) is 0 Å². The maximum absolute atomic E-state index is 9.19. The highest BCUT2D eigenvalue weighted by Gasteiger charge is 2.25. The highest BCUT2D eigenvalue weighted by Crippen LogP contribution is 2.26. The quantitative estimate of drug-likeness (QED) is 0.902. The van der Waals surface area contributed by atoms with E-state index < -0.39 is 0 Å². The van der Waals surface area contributed by atoms with Gasteiger partial charge in [-0.15, -0.1) is 0 Å².